The summed E-state index contributed by atoms with van der Waals surface area (Å²) in [4.78, 5) is 0. The molecule has 0 radical (unpaired) electrons. The summed E-state index contributed by atoms with van der Waals surface area (Å²) in [7, 11) is 1.61. The molecule has 2 atom stereocenters. The summed E-state index contributed by atoms with van der Waals surface area (Å²) < 4.78 is 16.5. The molecule has 1 aliphatic heterocycles. The normalized spacial score (nSPS) is 27.6. The van der Waals surface area contributed by atoms with E-state index in [1.54, 1.807) is 7.11 Å². The summed E-state index contributed by atoms with van der Waals surface area (Å²) in [6, 6.07) is 9.96. The molecule has 0 aromatic heterocycles. The standard InChI is InChI=1S/C14H20O4/c1-16-13-7-8-14(10-15,18-13)11-17-9-12-5-3-2-4-6-12/h2-6,13,15H,7-11H2,1H3/t13-,14-/m0/s1. The molecule has 18 heavy (non-hydrogen) atoms. The Balaban J connectivity index is 1.81. The van der Waals surface area contributed by atoms with Gasteiger partial charge in [0.1, 0.15) is 5.60 Å². The van der Waals surface area contributed by atoms with Crippen molar-refractivity contribution >= 4 is 0 Å². The van der Waals surface area contributed by atoms with Crippen molar-refractivity contribution in [2.45, 2.75) is 31.3 Å². The maximum Gasteiger partial charge on any atom is 0.158 e. The summed E-state index contributed by atoms with van der Waals surface area (Å²) in [6.07, 6.45) is 1.33. The second-order valence-electron chi connectivity index (χ2n) is 4.64. The molecular weight excluding hydrogens is 232 g/mol. The van der Waals surface area contributed by atoms with Crippen molar-refractivity contribution < 1.29 is 19.3 Å². The van der Waals surface area contributed by atoms with E-state index in [1.807, 2.05) is 30.3 Å². The van der Waals surface area contributed by atoms with Crippen molar-refractivity contribution in [1.82, 2.24) is 0 Å². The summed E-state index contributed by atoms with van der Waals surface area (Å²) in [5, 5.41) is 9.47. The van der Waals surface area contributed by atoms with Crippen LogP contribution in [0.4, 0.5) is 0 Å². The molecular formula is C14H20O4. The molecule has 1 aromatic carbocycles. The zero-order valence-corrected chi connectivity index (χ0v) is 10.7. The average Bonchev–Trinajstić information content (AvgIpc) is 2.84. The van der Waals surface area contributed by atoms with Gasteiger partial charge in [0, 0.05) is 13.5 Å². The first-order valence-corrected chi connectivity index (χ1v) is 6.21. The molecule has 0 bridgehead atoms. The molecule has 100 valence electrons. The highest BCUT2D eigenvalue weighted by Crippen LogP contribution is 2.30. The summed E-state index contributed by atoms with van der Waals surface area (Å²) in [5.74, 6) is 0. The fraction of sp³-hybridized carbons (Fsp3) is 0.571. The zero-order valence-electron chi connectivity index (χ0n) is 10.7. The largest absolute Gasteiger partial charge is 0.393 e. The van der Waals surface area contributed by atoms with Gasteiger partial charge in [-0.1, -0.05) is 30.3 Å². The fourth-order valence-electron chi connectivity index (χ4n) is 2.14. The highest BCUT2D eigenvalue weighted by molar-refractivity contribution is 5.13. The number of rotatable bonds is 6. The third-order valence-electron chi connectivity index (χ3n) is 3.24. The Hall–Kier alpha value is -0.940. The predicted molar refractivity (Wildman–Crippen MR) is 67.0 cm³/mol. The summed E-state index contributed by atoms with van der Waals surface area (Å²) in [5.41, 5.74) is 0.516. The van der Waals surface area contributed by atoms with Gasteiger partial charge in [-0.05, 0) is 12.0 Å². The van der Waals surface area contributed by atoms with Crippen LogP contribution in [-0.2, 0) is 20.8 Å². The van der Waals surface area contributed by atoms with Crippen molar-refractivity contribution in [1.29, 1.82) is 0 Å². The Morgan fingerprint density at radius 2 is 2.17 bits per heavy atom. The lowest BCUT2D eigenvalue weighted by atomic mass is 10.0. The Labute approximate surface area is 107 Å². The second-order valence-corrected chi connectivity index (χ2v) is 4.64. The van der Waals surface area contributed by atoms with Crippen LogP contribution in [0.25, 0.3) is 0 Å². The molecule has 1 fully saturated rings. The lowest BCUT2D eigenvalue weighted by molar-refractivity contribution is -0.186. The highest BCUT2D eigenvalue weighted by Gasteiger charge is 2.40. The minimum atomic E-state index is -0.602. The quantitative estimate of drug-likeness (QED) is 0.837. The van der Waals surface area contributed by atoms with Gasteiger partial charge in [-0.2, -0.15) is 0 Å². The summed E-state index contributed by atoms with van der Waals surface area (Å²) in [6.45, 7) is 0.878. The lowest BCUT2D eigenvalue weighted by Gasteiger charge is -2.26. The minimum absolute atomic E-state index is 0.0400. The average molecular weight is 252 g/mol. The maximum atomic E-state index is 9.47. The van der Waals surface area contributed by atoms with Crippen molar-refractivity contribution in [3.05, 3.63) is 35.9 Å². The van der Waals surface area contributed by atoms with Crippen LogP contribution in [0.5, 0.6) is 0 Å². The number of benzene rings is 1. The topological polar surface area (TPSA) is 47.9 Å². The van der Waals surface area contributed by atoms with Crippen LogP contribution in [0.1, 0.15) is 18.4 Å². The van der Waals surface area contributed by atoms with E-state index in [9.17, 15) is 5.11 Å². The van der Waals surface area contributed by atoms with Crippen LogP contribution in [0.3, 0.4) is 0 Å². The monoisotopic (exact) mass is 252 g/mol. The van der Waals surface area contributed by atoms with Crippen LogP contribution in [-0.4, -0.2) is 37.3 Å². The first-order valence-electron chi connectivity index (χ1n) is 6.21. The van der Waals surface area contributed by atoms with Crippen LogP contribution in [0.15, 0.2) is 30.3 Å². The van der Waals surface area contributed by atoms with Crippen LogP contribution < -0.4 is 0 Å². The van der Waals surface area contributed by atoms with Gasteiger partial charge in [-0.3, -0.25) is 0 Å². The Morgan fingerprint density at radius 3 is 2.78 bits per heavy atom. The van der Waals surface area contributed by atoms with Gasteiger partial charge < -0.3 is 19.3 Å². The maximum absolute atomic E-state index is 9.47. The van der Waals surface area contributed by atoms with E-state index in [0.717, 1.165) is 18.4 Å². The molecule has 1 N–H and O–H groups in total. The van der Waals surface area contributed by atoms with E-state index in [2.05, 4.69) is 0 Å². The van der Waals surface area contributed by atoms with Gasteiger partial charge in [-0.25, -0.2) is 0 Å². The van der Waals surface area contributed by atoms with Crippen molar-refractivity contribution in [3.8, 4) is 0 Å². The molecule has 1 aromatic rings. The number of aliphatic hydroxyl groups is 1. The number of methoxy groups -OCH3 is 1. The van der Waals surface area contributed by atoms with Crippen LogP contribution >= 0.6 is 0 Å². The lowest BCUT2D eigenvalue weighted by Crippen LogP contribution is -2.39. The van der Waals surface area contributed by atoms with Gasteiger partial charge in [0.25, 0.3) is 0 Å². The molecule has 0 unspecified atom stereocenters. The summed E-state index contributed by atoms with van der Waals surface area (Å²) >= 11 is 0. The molecule has 1 saturated heterocycles. The molecule has 0 aliphatic carbocycles. The predicted octanol–water partition coefficient (Wildman–Crippen LogP) is 1.72. The van der Waals surface area contributed by atoms with Crippen molar-refractivity contribution in [3.63, 3.8) is 0 Å². The first-order chi connectivity index (χ1) is 8.78. The molecule has 0 saturated carbocycles. The number of hydrogen-bond acceptors (Lipinski definition) is 4. The Morgan fingerprint density at radius 1 is 1.39 bits per heavy atom. The van der Waals surface area contributed by atoms with Gasteiger partial charge in [0.05, 0.1) is 19.8 Å². The molecule has 2 rings (SSSR count). The van der Waals surface area contributed by atoms with Crippen LogP contribution in [0.2, 0.25) is 0 Å². The van der Waals surface area contributed by atoms with Gasteiger partial charge in [0.15, 0.2) is 6.29 Å². The van der Waals surface area contributed by atoms with E-state index in [-0.39, 0.29) is 12.9 Å². The van der Waals surface area contributed by atoms with Crippen LogP contribution in [0, 0.1) is 0 Å². The van der Waals surface area contributed by atoms with E-state index in [0.29, 0.717) is 13.2 Å². The third-order valence-corrected chi connectivity index (χ3v) is 3.24. The molecule has 1 heterocycles. The van der Waals surface area contributed by atoms with Crippen molar-refractivity contribution in [2.24, 2.45) is 0 Å². The molecule has 4 heteroatoms. The highest BCUT2D eigenvalue weighted by atomic mass is 16.7. The van der Waals surface area contributed by atoms with Gasteiger partial charge in [0.2, 0.25) is 0 Å². The zero-order chi connectivity index (χ0) is 12.8. The number of hydrogen-bond donors (Lipinski definition) is 1. The third kappa shape index (κ3) is 3.29. The molecule has 4 nitrogen and oxygen atoms in total. The molecule has 0 amide bonds. The fourth-order valence-corrected chi connectivity index (χ4v) is 2.14. The Kier molecular flexibility index (Phi) is 4.72. The number of ether oxygens (including phenoxy) is 3. The number of aliphatic hydroxyl groups excluding tert-OH is 1. The van der Waals surface area contributed by atoms with E-state index in [1.165, 1.54) is 0 Å². The van der Waals surface area contributed by atoms with E-state index >= 15 is 0 Å². The minimum Gasteiger partial charge on any atom is -0.393 e. The van der Waals surface area contributed by atoms with Crippen molar-refractivity contribution in [2.75, 3.05) is 20.3 Å². The first kappa shape index (κ1) is 13.5. The molecule has 0 spiro atoms. The van der Waals surface area contributed by atoms with Gasteiger partial charge in [-0.15, -0.1) is 0 Å². The smallest absolute Gasteiger partial charge is 0.158 e. The van der Waals surface area contributed by atoms with E-state index < -0.39 is 5.60 Å². The SMILES string of the molecule is CO[C@@H]1CC[C@](CO)(COCc2ccccc2)O1. The Bertz CT molecular complexity index is 354. The second kappa shape index (κ2) is 6.29. The van der Waals surface area contributed by atoms with E-state index in [4.69, 9.17) is 14.2 Å². The van der Waals surface area contributed by atoms with Gasteiger partial charge >= 0.3 is 0 Å². The molecule has 1 aliphatic rings.